The third kappa shape index (κ3) is 5.51. The molecule has 23 heavy (non-hydrogen) atoms. The number of hydrogen-bond acceptors (Lipinski definition) is 5. The normalized spacial score (nSPS) is 10.3. The Morgan fingerprint density at radius 2 is 2.22 bits per heavy atom. The highest BCUT2D eigenvalue weighted by Crippen LogP contribution is 2.10. The van der Waals surface area contributed by atoms with Gasteiger partial charge in [-0.05, 0) is 29.8 Å². The Hall–Kier alpha value is -2.75. The molecule has 1 aromatic carbocycles. The number of amides is 1. The van der Waals surface area contributed by atoms with Gasteiger partial charge in [-0.1, -0.05) is 12.1 Å². The predicted octanol–water partition coefficient (Wildman–Crippen LogP) is 1.39. The molecule has 0 aliphatic heterocycles. The van der Waals surface area contributed by atoms with E-state index in [9.17, 15) is 4.79 Å². The number of nitriles is 1. The maximum absolute atomic E-state index is 12.2. The number of hydrogen-bond donors (Lipinski definition) is 2. The van der Waals surface area contributed by atoms with E-state index in [2.05, 4.69) is 10.3 Å². The van der Waals surface area contributed by atoms with E-state index >= 15 is 0 Å². The summed E-state index contributed by atoms with van der Waals surface area (Å²) in [5, 5.41) is 20.8. The lowest BCUT2D eigenvalue weighted by molar-refractivity contribution is -0.117. The number of carbonyl (C=O) groups is 1. The number of anilines is 1. The van der Waals surface area contributed by atoms with E-state index < -0.39 is 0 Å². The highest BCUT2D eigenvalue weighted by Gasteiger charge is 2.11. The molecule has 2 rings (SSSR count). The highest BCUT2D eigenvalue weighted by molar-refractivity contribution is 5.92. The molecule has 0 saturated carbocycles. The van der Waals surface area contributed by atoms with Gasteiger partial charge in [0.15, 0.2) is 0 Å². The van der Waals surface area contributed by atoms with Crippen LogP contribution in [0.4, 0.5) is 5.69 Å². The number of benzene rings is 1. The Labute approximate surface area is 135 Å². The van der Waals surface area contributed by atoms with Crippen LogP contribution >= 0.6 is 0 Å². The maximum atomic E-state index is 12.2. The zero-order valence-corrected chi connectivity index (χ0v) is 12.6. The van der Waals surface area contributed by atoms with Crippen molar-refractivity contribution in [1.82, 2.24) is 9.88 Å². The van der Waals surface area contributed by atoms with Crippen LogP contribution < -0.4 is 5.32 Å². The van der Waals surface area contributed by atoms with E-state index in [1.165, 1.54) is 0 Å². The minimum absolute atomic E-state index is 0.0303. The smallest absolute Gasteiger partial charge is 0.238 e. The quantitative estimate of drug-likeness (QED) is 0.806. The zero-order chi connectivity index (χ0) is 16.5. The first-order chi connectivity index (χ1) is 11.2. The lowest BCUT2D eigenvalue weighted by atomic mass is 10.2. The van der Waals surface area contributed by atoms with E-state index in [0.717, 1.165) is 5.56 Å². The summed E-state index contributed by atoms with van der Waals surface area (Å²) >= 11 is 0. The van der Waals surface area contributed by atoms with Crippen LogP contribution in [-0.2, 0) is 11.3 Å². The van der Waals surface area contributed by atoms with Crippen molar-refractivity contribution in [1.29, 1.82) is 5.26 Å². The van der Waals surface area contributed by atoms with Gasteiger partial charge in [0.25, 0.3) is 0 Å². The third-order valence-corrected chi connectivity index (χ3v) is 3.19. The molecule has 1 aromatic heterocycles. The lowest BCUT2D eigenvalue weighted by Crippen LogP contribution is -2.34. The summed E-state index contributed by atoms with van der Waals surface area (Å²) in [6, 6.07) is 12.5. The minimum Gasteiger partial charge on any atom is -0.395 e. The van der Waals surface area contributed by atoms with Crippen LogP contribution in [0.5, 0.6) is 0 Å². The van der Waals surface area contributed by atoms with Crippen LogP contribution in [0, 0.1) is 11.3 Å². The van der Waals surface area contributed by atoms with Crippen molar-refractivity contribution in [3.63, 3.8) is 0 Å². The molecule has 0 aliphatic carbocycles. The van der Waals surface area contributed by atoms with Crippen molar-refractivity contribution >= 4 is 11.6 Å². The number of nitrogens with zero attached hydrogens (tertiary/aromatic N) is 3. The van der Waals surface area contributed by atoms with E-state index in [1.54, 1.807) is 36.7 Å². The SMILES string of the molecule is N#Cc1cccc(NC(=O)CN(CCO)Cc2cccnc2)c1. The average molecular weight is 310 g/mol. The standard InChI is InChI=1S/C17H18N4O2/c18-10-14-3-1-5-16(9-14)20-17(23)13-21(7-8-22)12-15-4-2-6-19-11-15/h1-6,9,11,22H,7-8,12-13H2,(H,20,23). The molecular formula is C17H18N4O2. The molecule has 0 radical (unpaired) electrons. The fourth-order valence-electron chi connectivity index (χ4n) is 2.18. The largest absolute Gasteiger partial charge is 0.395 e. The van der Waals surface area contributed by atoms with Crippen LogP contribution in [0.25, 0.3) is 0 Å². The molecule has 0 unspecified atom stereocenters. The van der Waals surface area contributed by atoms with Crippen molar-refractivity contribution in [2.45, 2.75) is 6.54 Å². The molecule has 0 fully saturated rings. The predicted molar refractivity (Wildman–Crippen MR) is 86.4 cm³/mol. The topological polar surface area (TPSA) is 89.2 Å². The molecule has 6 nitrogen and oxygen atoms in total. The summed E-state index contributed by atoms with van der Waals surface area (Å²) < 4.78 is 0. The molecule has 0 spiro atoms. The second kappa shape index (κ2) is 8.63. The zero-order valence-electron chi connectivity index (χ0n) is 12.6. The number of aliphatic hydroxyl groups excluding tert-OH is 1. The van der Waals surface area contributed by atoms with Gasteiger partial charge in [0.1, 0.15) is 0 Å². The van der Waals surface area contributed by atoms with Crippen molar-refractivity contribution in [3.8, 4) is 6.07 Å². The van der Waals surface area contributed by atoms with E-state index in [0.29, 0.717) is 24.3 Å². The minimum atomic E-state index is -0.197. The van der Waals surface area contributed by atoms with Crippen LogP contribution in [0.2, 0.25) is 0 Å². The van der Waals surface area contributed by atoms with Crippen molar-refractivity contribution in [3.05, 3.63) is 59.9 Å². The molecule has 118 valence electrons. The summed E-state index contributed by atoms with van der Waals surface area (Å²) in [4.78, 5) is 18.0. The first-order valence-corrected chi connectivity index (χ1v) is 7.23. The maximum Gasteiger partial charge on any atom is 0.238 e. The molecular weight excluding hydrogens is 292 g/mol. The molecule has 6 heteroatoms. The van der Waals surface area contributed by atoms with Gasteiger partial charge in [0, 0.05) is 31.2 Å². The molecule has 0 aliphatic rings. The van der Waals surface area contributed by atoms with E-state index in [1.807, 2.05) is 23.1 Å². The second-order valence-corrected chi connectivity index (χ2v) is 5.04. The molecule has 0 atom stereocenters. The van der Waals surface area contributed by atoms with Crippen molar-refractivity contribution in [2.75, 3.05) is 25.0 Å². The Balaban J connectivity index is 1.96. The fraction of sp³-hybridized carbons (Fsp3) is 0.235. The third-order valence-electron chi connectivity index (χ3n) is 3.19. The number of pyridine rings is 1. The van der Waals surface area contributed by atoms with Gasteiger partial charge in [0.05, 0.1) is 24.8 Å². The van der Waals surface area contributed by atoms with E-state index in [4.69, 9.17) is 10.4 Å². The molecule has 0 saturated heterocycles. The van der Waals surface area contributed by atoms with Gasteiger partial charge in [-0.25, -0.2) is 0 Å². The van der Waals surface area contributed by atoms with Crippen LogP contribution in [0.15, 0.2) is 48.8 Å². The Morgan fingerprint density at radius 3 is 2.91 bits per heavy atom. The van der Waals surface area contributed by atoms with Crippen molar-refractivity contribution < 1.29 is 9.90 Å². The van der Waals surface area contributed by atoms with Gasteiger partial charge in [-0.3, -0.25) is 14.7 Å². The van der Waals surface area contributed by atoms with Gasteiger partial charge in [-0.15, -0.1) is 0 Å². The number of aromatic nitrogens is 1. The average Bonchev–Trinajstić information content (AvgIpc) is 2.56. The van der Waals surface area contributed by atoms with Gasteiger partial charge >= 0.3 is 0 Å². The second-order valence-electron chi connectivity index (χ2n) is 5.04. The molecule has 2 aromatic rings. The fourth-order valence-corrected chi connectivity index (χ4v) is 2.18. The van der Waals surface area contributed by atoms with E-state index in [-0.39, 0.29) is 19.1 Å². The van der Waals surface area contributed by atoms with Crippen LogP contribution in [0.1, 0.15) is 11.1 Å². The number of nitrogens with one attached hydrogen (secondary N) is 1. The summed E-state index contributed by atoms with van der Waals surface area (Å²) in [5.74, 6) is -0.197. The summed E-state index contributed by atoms with van der Waals surface area (Å²) in [5.41, 5.74) is 2.05. The molecule has 0 bridgehead atoms. The lowest BCUT2D eigenvalue weighted by Gasteiger charge is -2.20. The molecule has 1 amide bonds. The monoisotopic (exact) mass is 310 g/mol. The summed E-state index contributed by atoms with van der Waals surface area (Å²) in [7, 11) is 0. The van der Waals surface area contributed by atoms with Crippen LogP contribution in [0.3, 0.4) is 0 Å². The Bertz CT molecular complexity index is 682. The highest BCUT2D eigenvalue weighted by atomic mass is 16.3. The number of carbonyl (C=O) groups excluding carboxylic acids is 1. The van der Waals surface area contributed by atoms with Gasteiger partial charge in [-0.2, -0.15) is 5.26 Å². The number of rotatable bonds is 7. The first-order valence-electron chi connectivity index (χ1n) is 7.23. The molecule has 2 N–H and O–H groups in total. The Morgan fingerprint density at radius 1 is 1.35 bits per heavy atom. The molecule has 1 heterocycles. The van der Waals surface area contributed by atoms with Gasteiger partial charge < -0.3 is 10.4 Å². The van der Waals surface area contributed by atoms with Crippen LogP contribution in [-0.4, -0.2) is 40.6 Å². The summed E-state index contributed by atoms with van der Waals surface area (Å²) in [6.45, 7) is 1.03. The number of aliphatic hydroxyl groups is 1. The Kier molecular flexibility index (Phi) is 6.24. The van der Waals surface area contributed by atoms with Gasteiger partial charge in [0.2, 0.25) is 5.91 Å². The van der Waals surface area contributed by atoms with Crippen molar-refractivity contribution in [2.24, 2.45) is 0 Å². The first kappa shape index (κ1) is 16.6. The summed E-state index contributed by atoms with van der Waals surface area (Å²) in [6.07, 6.45) is 3.42.